The van der Waals surface area contributed by atoms with Crippen molar-refractivity contribution in [3.63, 3.8) is 0 Å². The monoisotopic (exact) mass is 291 g/mol. The van der Waals surface area contributed by atoms with Crippen LogP contribution in [0.3, 0.4) is 0 Å². The van der Waals surface area contributed by atoms with E-state index in [1.54, 1.807) is 6.07 Å². The van der Waals surface area contributed by atoms with E-state index in [4.69, 9.17) is 0 Å². The molecule has 0 aliphatic heterocycles. The van der Waals surface area contributed by atoms with E-state index in [-0.39, 0.29) is 17.2 Å². The maximum atomic E-state index is 12.1. The number of aryl methyl sites for hydroxylation is 1. The Kier molecular flexibility index (Phi) is 4.87. The van der Waals surface area contributed by atoms with Gasteiger partial charge in [-0.2, -0.15) is 8.78 Å². The number of benzene rings is 2. The number of alkyl halides is 2. The van der Waals surface area contributed by atoms with Gasteiger partial charge in [0.1, 0.15) is 5.75 Å². The predicted molar refractivity (Wildman–Crippen MR) is 75.4 cm³/mol. The quantitative estimate of drug-likeness (QED) is 0.915. The van der Waals surface area contributed by atoms with Crippen molar-refractivity contribution in [2.24, 2.45) is 0 Å². The molecule has 0 radical (unpaired) electrons. The van der Waals surface area contributed by atoms with Crippen LogP contribution < -0.4 is 10.1 Å². The second-order valence-electron chi connectivity index (χ2n) is 4.52. The maximum Gasteiger partial charge on any atom is 0.387 e. The Hall–Kier alpha value is -2.43. The van der Waals surface area contributed by atoms with Crippen LogP contribution in [0.2, 0.25) is 0 Å². The zero-order valence-electron chi connectivity index (χ0n) is 11.5. The Morgan fingerprint density at radius 2 is 1.95 bits per heavy atom. The molecular formula is C16H15F2NO2. The SMILES string of the molecule is Cc1ccccc1CNC(=O)c1cccc(OC(F)F)c1. The first-order chi connectivity index (χ1) is 10.1. The van der Waals surface area contributed by atoms with Crippen molar-refractivity contribution >= 4 is 5.91 Å². The molecule has 0 heterocycles. The van der Waals surface area contributed by atoms with Crippen LogP contribution in [-0.4, -0.2) is 12.5 Å². The number of amides is 1. The smallest absolute Gasteiger partial charge is 0.387 e. The lowest BCUT2D eigenvalue weighted by Crippen LogP contribution is -2.23. The van der Waals surface area contributed by atoms with Gasteiger partial charge in [0.15, 0.2) is 0 Å². The predicted octanol–water partition coefficient (Wildman–Crippen LogP) is 3.53. The van der Waals surface area contributed by atoms with E-state index in [1.165, 1.54) is 18.2 Å². The van der Waals surface area contributed by atoms with Crippen molar-refractivity contribution in [2.75, 3.05) is 0 Å². The van der Waals surface area contributed by atoms with E-state index in [0.29, 0.717) is 6.54 Å². The molecule has 0 fully saturated rings. The summed E-state index contributed by atoms with van der Waals surface area (Å²) in [5.41, 5.74) is 2.36. The van der Waals surface area contributed by atoms with E-state index in [9.17, 15) is 13.6 Å². The van der Waals surface area contributed by atoms with Crippen LogP contribution in [-0.2, 0) is 6.54 Å². The zero-order valence-corrected chi connectivity index (χ0v) is 11.5. The number of ether oxygens (including phenoxy) is 1. The number of hydrogen-bond acceptors (Lipinski definition) is 2. The normalized spacial score (nSPS) is 10.5. The van der Waals surface area contributed by atoms with Crippen LogP contribution in [0.25, 0.3) is 0 Å². The van der Waals surface area contributed by atoms with Gasteiger partial charge < -0.3 is 10.1 Å². The highest BCUT2D eigenvalue weighted by Gasteiger charge is 2.09. The van der Waals surface area contributed by atoms with E-state index in [1.807, 2.05) is 31.2 Å². The van der Waals surface area contributed by atoms with Gasteiger partial charge in [-0.3, -0.25) is 4.79 Å². The summed E-state index contributed by atoms with van der Waals surface area (Å²) < 4.78 is 28.6. The lowest BCUT2D eigenvalue weighted by atomic mass is 10.1. The summed E-state index contributed by atoms with van der Waals surface area (Å²) in [5, 5.41) is 2.75. The van der Waals surface area contributed by atoms with Gasteiger partial charge in [0, 0.05) is 12.1 Å². The molecule has 2 rings (SSSR count). The highest BCUT2D eigenvalue weighted by atomic mass is 19.3. The van der Waals surface area contributed by atoms with Crippen LogP contribution in [0, 0.1) is 6.92 Å². The first kappa shape index (κ1) is 15.0. The van der Waals surface area contributed by atoms with Crippen molar-refractivity contribution in [3.8, 4) is 5.75 Å². The Labute approximate surface area is 121 Å². The first-order valence-corrected chi connectivity index (χ1v) is 6.44. The van der Waals surface area contributed by atoms with Crippen LogP contribution in [0.4, 0.5) is 8.78 Å². The van der Waals surface area contributed by atoms with Gasteiger partial charge in [0.25, 0.3) is 5.91 Å². The van der Waals surface area contributed by atoms with Crippen molar-refractivity contribution in [3.05, 3.63) is 65.2 Å². The maximum absolute atomic E-state index is 12.1. The largest absolute Gasteiger partial charge is 0.435 e. The fourth-order valence-electron chi connectivity index (χ4n) is 1.90. The lowest BCUT2D eigenvalue weighted by Gasteiger charge is -2.09. The molecule has 2 aromatic rings. The number of rotatable bonds is 5. The van der Waals surface area contributed by atoms with Gasteiger partial charge in [-0.25, -0.2) is 0 Å². The third-order valence-electron chi connectivity index (χ3n) is 3.02. The molecule has 0 unspecified atom stereocenters. The number of carbonyl (C=O) groups is 1. The fourth-order valence-corrected chi connectivity index (χ4v) is 1.90. The van der Waals surface area contributed by atoms with Crippen LogP contribution >= 0.6 is 0 Å². The molecule has 0 atom stereocenters. The molecule has 0 aliphatic rings. The highest BCUT2D eigenvalue weighted by molar-refractivity contribution is 5.94. The van der Waals surface area contributed by atoms with Crippen molar-refractivity contribution in [1.82, 2.24) is 5.32 Å². The zero-order chi connectivity index (χ0) is 15.2. The molecule has 0 saturated carbocycles. The molecule has 0 bridgehead atoms. The third-order valence-corrected chi connectivity index (χ3v) is 3.02. The number of hydrogen-bond donors (Lipinski definition) is 1. The Balaban J connectivity index is 2.02. The van der Waals surface area contributed by atoms with E-state index < -0.39 is 6.61 Å². The Morgan fingerprint density at radius 3 is 2.67 bits per heavy atom. The van der Waals surface area contributed by atoms with Crippen LogP contribution in [0.1, 0.15) is 21.5 Å². The molecule has 0 spiro atoms. The van der Waals surface area contributed by atoms with Crippen molar-refractivity contribution in [1.29, 1.82) is 0 Å². The van der Waals surface area contributed by atoms with E-state index in [2.05, 4.69) is 10.1 Å². The summed E-state index contributed by atoms with van der Waals surface area (Å²) in [4.78, 5) is 12.0. The average molecular weight is 291 g/mol. The summed E-state index contributed by atoms with van der Waals surface area (Å²) in [5.74, 6) is -0.369. The summed E-state index contributed by atoms with van der Waals surface area (Å²) in [6.07, 6.45) is 0. The molecule has 0 aromatic heterocycles. The Bertz CT molecular complexity index is 629. The van der Waals surface area contributed by atoms with Crippen LogP contribution in [0.15, 0.2) is 48.5 Å². The minimum absolute atomic E-state index is 0.0338. The first-order valence-electron chi connectivity index (χ1n) is 6.44. The van der Waals surface area contributed by atoms with Crippen molar-refractivity contribution in [2.45, 2.75) is 20.1 Å². The van der Waals surface area contributed by atoms with Gasteiger partial charge in [0.05, 0.1) is 0 Å². The number of nitrogens with one attached hydrogen (secondary N) is 1. The van der Waals surface area contributed by atoms with E-state index >= 15 is 0 Å². The molecule has 2 aromatic carbocycles. The Morgan fingerprint density at radius 1 is 1.19 bits per heavy atom. The fraction of sp³-hybridized carbons (Fsp3) is 0.188. The topological polar surface area (TPSA) is 38.3 Å². The average Bonchev–Trinajstić information content (AvgIpc) is 2.45. The molecule has 0 aliphatic carbocycles. The van der Waals surface area contributed by atoms with Gasteiger partial charge in [0.2, 0.25) is 0 Å². The van der Waals surface area contributed by atoms with Crippen molar-refractivity contribution < 1.29 is 18.3 Å². The summed E-state index contributed by atoms with van der Waals surface area (Å²) in [7, 11) is 0. The highest BCUT2D eigenvalue weighted by Crippen LogP contribution is 2.16. The number of carbonyl (C=O) groups excluding carboxylic acids is 1. The van der Waals surface area contributed by atoms with Gasteiger partial charge in [-0.1, -0.05) is 30.3 Å². The molecule has 21 heavy (non-hydrogen) atoms. The van der Waals surface area contributed by atoms with Gasteiger partial charge in [-0.15, -0.1) is 0 Å². The molecule has 110 valence electrons. The minimum Gasteiger partial charge on any atom is -0.435 e. The molecule has 1 N–H and O–H groups in total. The molecule has 1 amide bonds. The second-order valence-corrected chi connectivity index (χ2v) is 4.52. The number of halogens is 2. The summed E-state index contributed by atoms with van der Waals surface area (Å²) >= 11 is 0. The van der Waals surface area contributed by atoms with E-state index in [0.717, 1.165) is 11.1 Å². The molecule has 0 saturated heterocycles. The third kappa shape index (κ3) is 4.27. The lowest BCUT2D eigenvalue weighted by molar-refractivity contribution is -0.0498. The van der Waals surface area contributed by atoms with Gasteiger partial charge in [-0.05, 0) is 36.2 Å². The minimum atomic E-state index is -2.91. The second kappa shape index (κ2) is 6.83. The standard InChI is InChI=1S/C16H15F2NO2/c1-11-5-2-3-6-13(11)10-19-15(20)12-7-4-8-14(9-12)21-16(17)18/h2-9,16H,10H2,1H3,(H,19,20). The van der Waals surface area contributed by atoms with Gasteiger partial charge >= 0.3 is 6.61 Å². The molecule has 3 nitrogen and oxygen atoms in total. The summed E-state index contributed by atoms with van der Waals surface area (Å²) in [6, 6.07) is 13.4. The van der Waals surface area contributed by atoms with Crippen LogP contribution in [0.5, 0.6) is 5.75 Å². The molecular weight excluding hydrogens is 276 g/mol. The summed E-state index contributed by atoms with van der Waals surface area (Å²) in [6.45, 7) is -0.570. The molecule has 5 heteroatoms.